The van der Waals surface area contributed by atoms with E-state index in [0.717, 1.165) is 22.6 Å². The number of fused-ring (bicyclic) bond motifs is 1. The molecule has 0 amide bonds. The van der Waals surface area contributed by atoms with Crippen LogP contribution in [0.3, 0.4) is 0 Å². The van der Waals surface area contributed by atoms with Gasteiger partial charge in [-0.2, -0.15) is 0 Å². The second-order valence-corrected chi connectivity index (χ2v) is 9.07. The number of hydrogen-bond acceptors (Lipinski definition) is 0. The van der Waals surface area contributed by atoms with Crippen molar-refractivity contribution in [3.63, 3.8) is 0 Å². The average molecular weight is 271 g/mol. The van der Waals surface area contributed by atoms with Crippen LogP contribution >= 0.6 is 15.9 Å². The zero-order chi connectivity index (χ0) is 11.2. The first-order valence-electron chi connectivity index (χ1n) is 6.34. The van der Waals surface area contributed by atoms with E-state index in [1.807, 2.05) is 0 Å². The largest absolute Gasteiger partial charge is 0.0884 e. The third-order valence-corrected chi connectivity index (χ3v) is 6.62. The summed E-state index contributed by atoms with van der Waals surface area (Å²) in [5.74, 6) is 3.21. The molecular formula is C14H23Br. The first-order chi connectivity index (χ1) is 6.70. The maximum atomic E-state index is 3.76. The third-order valence-electron chi connectivity index (χ3n) is 5.39. The van der Waals surface area contributed by atoms with Crippen LogP contribution in [-0.2, 0) is 0 Å². The van der Waals surface area contributed by atoms with E-state index in [2.05, 4.69) is 50.5 Å². The van der Waals surface area contributed by atoms with E-state index in [9.17, 15) is 0 Å². The molecule has 0 heterocycles. The molecule has 4 atom stereocenters. The maximum Gasteiger partial charge on any atom is 0.0214 e. The van der Waals surface area contributed by atoms with E-state index < -0.39 is 0 Å². The number of alkyl halides is 1. The normalized spacial score (nSPS) is 61.2. The summed E-state index contributed by atoms with van der Waals surface area (Å²) in [7, 11) is 0. The van der Waals surface area contributed by atoms with E-state index in [-0.39, 0.29) is 0 Å². The van der Waals surface area contributed by atoms with Crippen molar-refractivity contribution < 1.29 is 0 Å². The molecule has 3 aliphatic carbocycles. The maximum absolute atomic E-state index is 3.76. The van der Waals surface area contributed by atoms with Crippen molar-refractivity contribution in [3.8, 4) is 0 Å². The highest BCUT2D eigenvalue weighted by atomic mass is 79.9. The molecule has 0 bridgehead atoms. The van der Waals surface area contributed by atoms with Gasteiger partial charge in [0.25, 0.3) is 0 Å². The van der Waals surface area contributed by atoms with Crippen molar-refractivity contribution in [2.45, 2.75) is 52.3 Å². The Hall–Kier alpha value is 0.480. The van der Waals surface area contributed by atoms with Crippen molar-refractivity contribution in [2.75, 3.05) is 0 Å². The lowest BCUT2D eigenvalue weighted by Gasteiger charge is -2.29. The lowest BCUT2D eigenvalue weighted by Crippen LogP contribution is -2.21. The van der Waals surface area contributed by atoms with E-state index >= 15 is 0 Å². The summed E-state index contributed by atoms with van der Waals surface area (Å²) in [6.07, 6.45) is 2.88. The van der Waals surface area contributed by atoms with Crippen LogP contribution in [0.2, 0.25) is 0 Å². The number of rotatable bonds is 2. The fraction of sp³-hybridized carbons (Fsp3) is 1.00. The van der Waals surface area contributed by atoms with Gasteiger partial charge in [0.2, 0.25) is 0 Å². The van der Waals surface area contributed by atoms with Gasteiger partial charge in [-0.05, 0) is 46.8 Å². The van der Waals surface area contributed by atoms with Crippen LogP contribution in [0.4, 0.5) is 0 Å². The van der Waals surface area contributed by atoms with Gasteiger partial charge in [0.1, 0.15) is 0 Å². The van der Waals surface area contributed by atoms with Gasteiger partial charge in [-0.1, -0.05) is 50.5 Å². The van der Waals surface area contributed by atoms with Gasteiger partial charge in [0.05, 0.1) is 0 Å². The van der Waals surface area contributed by atoms with Crippen molar-refractivity contribution >= 4 is 15.9 Å². The molecule has 0 aromatic rings. The molecule has 0 radical (unpaired) electrons. The highest BCUT2D eigenvalue weighted by Crippen LogP contribution is 2.87. The van der Waals surface area contributed by atoms with Crippen molar-refractivity contribution in [1.82, 2.24) is 0 Å². The van der Waals surface area contributed by atoms with Crippen LogP contribution in [-0.4, -0.2) is 4.83 Å². The smallest absolute Gasteiger partial charge is 0.0214 e. The Labute approximate surface area is 102 Å². The first kappa shape index (κ1) is 10.6. The Morgan fingerprint density at radius 1 is 1.20 bits per heavy atom. The lowest BCUT2D eigenvalue weighted by atomic mass is 9.77. The Morgan fingerprint density at radius 2 is 1.73 bits per heavy atom. The van der Waals surface area contributed by atoms with Crippen molar-refractivity contribution in [3.05, 3.63) is 0 Å². The van der Waals surface area contributed by atoms with Crippen LogP contribution < -0.4 is 0 Å². The fourth-order valence-corrected chi connectivity index (χ4v) is 5.69. The molecule has 3 saturated carbocycles. The first-order valence-corrected chi connectivity index (χ1v) is 7.25. The highest BCUT2D eigenvalue weighted by molar-refractivity contribution is 9.09. The van der Waals surface area contributed by atoms with Gasteiger partial charge in [0, 0.05) is 4.83 Å². The third kappa shape index (κ3) is 1.31. The SMILES string of the molecule is CC(C)(C)CC1(C)CC1(C)C1C2C(Br)C21. The zero-order valence-electron chi connectivity index (χ0n) is 10.6. The summed E-state index contributed by atoms with van der Waals surface area (Å²) in [5.41, 5.74) is 1.84. The summed E-state index contributed by atoms with van der Waals surface area (Å²) in [6.45, 7) is 12.2. The van der Waals surface area contributed by atoms with E-state index in [1.54, 1.807) is 0 Å². The van der Waals surface area contributed by atoms with Gasteiger partial charge in [-0.15, -0.1) is 0 Å². The summed E-state index contributed by atoms with van der Waals surface area (Å²) >= 11 is 3.76. The zero-order valence-corrected chi connectivity index (χ0v) is 12.2. The molecule has 3 aliphatic rings. The van der Waals surface area contributed by atoms with Crippen molar-refractivity contribution in [2.24, 2.45) is 34.0 Å². The van der Waals surface area contributed by atoms with E-state index in [0.29, 0.717) is 16.2 Å². The van der Waals surface area contributed by atoms with Crippen LogP contribution in [0.5, 0.6) is 0 Å². The Balaban J connectivity index is 1.67. The predicted octanol–water partition coefficient (Wildman–Crippen LogP) is 4.48. The summed E-state index contributed by atoms with van der Waals surface area (Å²) < 4.78 is 0. The summed E-state index contributed by atoms with van der Waals surface area (Å²) in [5, 5.41) is 0. The number of hydrogen-bond donors (Lipinski definition) is 0. The van der Waals surface area contributed by atoms with Crippen LogP contribution in [0, 0.1) is 34.0 Å². The van der Waals surface area contributed by atoms with E-state index in [4.69, 9.17) is 0 Å². The monoisotopic (exact) mass is 270 g/mol. The van der Waals surface area contributed by atoms with Gasteiger partial charge in [0.15, 0.2) is 0 Å². The summed E-state index contributed by atoms with van der Waals surface area (Å²) in [6, 6.07) is 0. The molecular weight excluding hydrogens is 248 g/mol. The van der Waals surface area contributed by atoms with Crippen LogP contribution in [0.15, 0.2) is 0 Å². The minimum absolute atomic E-state index is 0.499. The lowest BCUT2D eigenvalue weighted by molar-refractivity contribution is 0.214. The van der Waals surface area contributed by atoms with Crippen LogP contribution in [0.1, 0.15) is 47.5 Å². The molecule has 15 heavy (non-hydrogen) atoms. The minimum Gasteiger partial charge on any atom is -0.0884 e. The Kier molecular flexibility index (Phi) is 1.77. The fourth-order valence-electron chi connectivity index (χ4n) is 4.50. The van der Waals surface area contributed by atoms with Gasteiger partial charge >= 0.3 is 0 Å². The molecule has 4 unspecified atom stereocenters. The number of halogens is 1. The molecule has 3 fully saturated rings. The van der Waals surface area contributed by atoms with Gasteiger partial charge in [-0.3, -0.25) is 0 Å². The molecule has 0 aromatic heterocycles. The predicted molar refractivity (Wildman–Crippen MR) is 68.1 cm³/mol. The van der Waals surface area contributed by atoms with Gasteiger partial charge in [-0.25, -0.2) is 0 Å². The average Bonchev–Trinajstić information content (AvgIpc) is 2.86. The molecule has 0 aliphatic heterocycles. The second-order valence-electron chi connectivity index (χ2n) is 8.02. The standard InChI is InChI=1S/C14H23Br/c1-12(2,3)6-13(4)7-14(13,5)10-8-9(10)11(8)15/h8-11H,6-7H2,1-5H3. The quantitative estimate of drug-likeness (QED) is 0.650. The molecule has 0 spiro atoms. The van der Waals surface area contributed by atoms with Gasteiger partial charge < -0.3 is 0 Å². The Morgan fingerprint density at radius 3 is 2.13 bits per heavy atom. The minimum atomic E-state index is 0.499. The summed E-state index contributed by atoms with van der Waals surface area (Å²) in [4.78, 5) is 0.902. The highest BCUT2D eigenvalue weighted by Gasteiger charge is 2.83. The topological polar surface area (TPSA) is 0 Å². The molecule has 86 valence electrons. The van der Waals surface area contributed by atoms with Crippen LogP contribution in [0.25, 0.3) is 0 Å². The molecule has 1 heteroatoms. The van der Waals surface area contributed by atoms with E-state index in [1.165, 1.54) is 12.8 Å². The Bertz CT molecular complexity index is 306. The molecule has 0 nitrogen and oxygen atoms in total. The molecule has 0 aromatic carbocycles. The molecule has 0 saturated heterocycles. The molecule has 3 rings (SSSR count). The van der Waals surface area contributed by atoms with Crippen molar-refractivity contribution in [1.29, 1.82) is 0 Å². The molecule has 0 N–H and O–H groups in total. The second kappa shape index (κ2) is 2.49.